The lowest BCUT2D eigenvalue weighted by Crippen LogP contribution is -2.58. The Labute approximate surface area is 124 Å². The molecule has 0 aliphatic carbocycles. The minimum atomic E-state index is 0.131. The molecule has 0 spiro atoms. The Hall–Kier alpha value is -0.200. The van der Waals surface area contributed by atoms with Crippen molar-refractivity contribution in [3.05, 3.63) is 0 Å². The summed E-state index contributed by atoms with van der Waals surface area (Å²) in [5.41, 5.74) is 6.00. The summed E-state index contributed by atoms with van der Waals surface area (Å²) in [6.45, 7) is 17.2. The standard InChI is InChI=1S/C15H32N4O/c1-4-17-9-10-20-14(11-17)12-18-5-7-19(8-6-18)15(2,3)13-16/h14H,4-13,16H2,1-3H3. The maximum Gasteiger partial charge on any atom is 0.0829 e. The van der Waals surface area contributed by atoms with E-state index in [1.54, 1.807) is 0 Å². The van der Waals surface area contributed by atoms with Crippen molar-refractivity contribution in [2.75, 3.05) is 65.5 Å². The molecule has 2 aliphatic rings. The van der Waals surface area contributed by atoms with Gasteiger partial charge in [0.1, 0.15) is 0 Å². The first-order valence-electron chi connectivity index (χ1n) is 8.06. The van der Waals surface area contributed by atoms with E-state index in [0.29, 0.717) is 6.10 Å². The van der Waals surface area contributed by atoms with Crippen molar-refractivity contribution in [1.82, 2.24) is 14.7 Å². The van der Waals surface area contributed by atoms with Crippen molar-refractivity contribution in [2.45, 2.75) is 32.4 Å². The number of hydrogen-bond acceptors (Lipinski definition) is 5. The van der Waals surface area contributed by atoms with Crippen LogP contribution in [0.4, 0.5) is 0 Å². The zero-order valence-corrected chi connectivity index (χ0v) is 13.5. The molecule has 2 saturated heterocycles. The molecule has 0 saturated carbocycles. The summed E-state index contributed by atoms with van der Waals surface area (Å²) in [6, 6.07) is 0. The monoisotopic (exact) mass is 284 g/mol. The van der Waals surface area contributed by atoms with Gasteiger partial charge in [-0.3, -0.25) is 14.7 Å². The van der Waals surface area contributed by atoms with Crippen LogP contribution in [-0.4, -0.2) is 91.9 Å². The topological polar surface area (TPSA) is 45.0 Å². The van der Waals surface area contributed by atoms with E-state index in [2.05, 4.69) is 35.5 Å². The van der Waals surface area contributed by atoms with Crippen molar-refractivity contribution in [3.63, 3.8) is 0 Å². The molecular weight excluding hydrogens is 252 g/mol. The number of nitrogens with zero attached hydrogens (tertiary/aromatic N) is 3. The van der Waals surface area contributed by atoms with Crippen LogP contribution in [0.25, 0.3) is 0 Å². The van der Waals surface area contributed by atoms with Crippen molar-refractivity contribution in [1.29, 1.82) is 0 Å². The lowest BCUT2D eigenvalue weighted by atomic mass is 10.0. The van der Waals surface area contributed by atoms with Crippen LogP contribution in [0.5, 0.6) is 0 Å². The summed E-state index contributed by atoms with van der Waals surface area (Å²) in [4.78, 5) is 7.55. The molecule has 20 heavy (non-hydrogen) atoms. The van der Waals surface area contributed by atoms with Crippen molar-refractivity contribution < 1.29 is 4.74 Å². The van der Waals surface area contributed by atoms with Crippen molar-refractivity contribution in [3.8, 4) is 0 Å². The van der Waals surface area contributed by atoms with Crippen molar-refractivity contribution >= 4 is 0 Å². The fourth-order valence-electron chi connectivity index (χ4n) is 3.13. The zero-order valence-electron chi connectivity index (χ0n) is 13.5. The molecule has 0 aromatic rings. The number of ether oxygens (including phenoxy) is 1. The number of hydrogen-bond donors (Lipinski definition) is 1. The second kappa shape index (κ2) is 7.18. The molecule has 2 N–H and O–H groups in total. The maximum absolute atomic E-state index is 5.91. The highest BCUT2D eigenvalue weighted by molar-refractivity contribution is 4.87. The predicted molar refractivity (Wildman–Crippen MR) is 83.0 cm³/mol. The quantitative estimate of drug-likeness (QED) is 0.774. The number of morpholine rings is 1. The van der Waals surface area contributed by atoms with Gasteiger partial charge in [-0.05, 0) is 20.4 Å². The van der Waals surface area contributed by atoms with E-state index in [9.17, 15) is 0 Å². The maximum atomic E-state index is 5.91. The fraction of sp³-hybridized carbons (Fsp3) is 1.00. The molecular formula is C15H32N4O. The summed E-state index contributed by atoms with van der Waals surface area (Å²) in [6.07, 6.45) is 0.387. The third kappa shape index (κ3) is 4.15. The summed E-state index contributed by atoms with van der Waals surface area (Å²) < 4.78 is 5.91. The zero-order chi connectivity index (χ0) is 14.6. The van der Waals surface area contributed by atoms with E-state index in [-0.39, 0.29) is 5.54 Å². The summed E-state index contributed by atoms with van der Waals surface area (Å²) in [5, 5.41) is 0. The SMILES string of the molecule is CCN1CCOC(CN2CCN(C(C)(C)CN)CC2)C1. The average molecular weight is 284 g/mol. The molecule has 2 heterocycles. The Balaban J connectivity index is 1.74. The van der Waals surface area contributed by atoms with Gasteiger partial charge in [-0.2, -0.15) is 0 Å². The lowest BCUT2D eigenvalue weighted by molar-refractivity contribution is -0.0505. The lowest BCUT2D eigenvalue weighted by Gasteiger charge is -2.44. The molecule has 0 radical (unpaired) electrons. The van der Waals surface area contributed by atoms with Gasteiger partial charge in [0, 0.05) is 57.9 Å². The smallest absolute Gasteiger partial charge is 0.0829 e. The highest BCUT2D eigenvalue weighted by atomic mass is 16.5. The van der Waals surface area contributed by atoms with E-state index in [4.69, 9.17) is 10.5 Å². The molecule has 0 bridgehead atoms. The van der Waals surface area contributed by atoms with Gasteiger partial charge in [0.15, 0.2) is 0 Å². The van der Waals surface area contributed by atoms with Crippen LogP contribution in [0.15, 0.2) is 0 Å². The largest absolute Gasteiger partial charge is 0.374 e. The number of piperazine rings is 1. The second-order valence-electron chi connectivity index (χ2n) is 6.69. The molecule has 0 aromatic carbocycles. The number of likely N-dealkylation sites (N-methyl/N-ethyl adjacent to an activating group) is 1. The van der Waals surface area contributed by atoms with E-state index in [0.717, 1.165) is 65.5 Å². The number of rotatable bonds is 5. The van der Waals surface area contributed by atoms with Crippen molar-refractivity contribution in [2.24, 2.45) is 5.73 Å². The van der Waals surface area contributed by atoms with Crippen LogP contribution in [0.3, 0.4) is 0 Å². The van der Waals surface area contributed by atoms with Gasteiger partial charge in [-0.15, -0.1) is 0 Å². The molecule has 0 amide bonds. The van der Waals surface area contributed by atoms with Crippen LogP contribution in [0.2, 0.25) is 0 Å². The molecule has 118 valence electrons. The summed E-state index contributed by atoms with van der Waals surface area (Å²) in [5.74, 6) is 0. The van der Waals surface area contributed by atoms with E-state index in [1.165, 1.54) is 0 Å². The highest BCUT2D eigenvalue weighted by Gasteiger charge is 2.30. The second-order valence-corrected chi connectivity index (χ2v) is 6.69. The first-order valence-corrected chi connectivity index (χ1v) is 8.06. The summed E-state index contributed by atoms with van der Waals surface area (Å²) >= 11 is 0. The van der Waals surface area contributed by atoms with E-state index < -0.39 is 0 Å². The van der Waals surface area contributed by atoms with Crippen LogP contribution in [0, 0.1) is 0 Å². The first-order chi connectivity index (χ1) is 9.55. The molecule has 1 atom stereocenters. The van der Waals surface area contributed by atoms with E-state index in [1.807, 2.05) is 0 Å². The van der Waals surface area contributed by atoms with Crippen LogP contribution >= 0.6 is 0 Å². The Kier molecular flexibility index (Phi) is 5.81. The fourth-order valence-corrected chi connectivity index (χ4v) is 3.13. The van der Waals surface area contributed by atoms with Crippen LogP contribution < -0.4 is 5.73 Å². The normalized spacial score (nSPS) is 27.9. The molecule has 0 aromatic heterocycles. The van der Waals surface area contributed by atoms with Gasteiger partial charge in [-0.1, -0.05) is 6.92 Å². The molecule has 2 rings (SSSR count). The van der Waals surface area contributed by atoms with Crippen LogP contribution in [-0.2, 0) is 4.74 Å². The molecule has 5 heteroatoms. The summed E-state index contributed by atoms with van der Waals surface area (Å²) in [7, 11) is 0. The Bertz CT molecular complexity index is 290. The molecule has 1 unspecified atom stereocenters. The average Bonchev–Trinajstić information content (AvgIpc) is 2.48. The minimum absolute atomic E-state index is 0.131. The van der Waals surface area contributed by atoms with Gasteiger partial charge in [-0.25, -0.2) is 0 Å². The third-order valence-electron chi connectivity index (χ3n) is 4.86. The van der Waals surface area contributed by atoms with Gasteiger partial charge in [0.25, 0.3) is 0 Å². The molecule has 2 aliphatic heterocycles. The van der Waals surface area contributed by atoms with Gasteiger partial charge in [0.2, 0.25) is 0 Å². The predicted octanol–water partition coefficient (Wildman–Crippen LogP) is 0.0620. The Morgan fingerprint density at radius 2 is 1.80 bits per heavy atom. The first kappa shape index (κ1) is 16.2. The third-order valence-corrected chi connectivity index (χ3v) is 4.86. The number of nitrogens with two attached hydrogens (primary N) is 1. The van der Waals surface area contributed by atoms with Crippen LogP contribution in [0.1, 0.15) is 20.8 Å². The van der Waals surface area contributed by atoms with E-state index >= 15 is 0 Å². The molecule has 5 nitrogen and oxygen atoms in total. The Morgan fingerprint density at radius 3 is 2.40 bits per heavy atom. The minimum Gasteiger partial charge on any atom is -0.374 e. The van der Waals surface area contributed by atoms with Gasteiger partial charge >= 0.3 is 0 Å². The van der Waals surface area contributed by atoms with Gasteiger partial charge in [0.05, 0.1) is 12.7 Å². The highest BCUT2D eigenvalue weighted by Crippen LogP contribution is 2.16. The Morgan fingerprint density at radius 1 is 1.10 bits per heavy atom. The molecule has 2 fully saturated rings. The van der Waals surface area contributed by atoms with Gasteiger partial charge < -0.3 is 10.5 Å².